The van der Waals surface area contributed by atoms with E-state index in [2.05, 4.69) is 20.9 Å². The second-order valence-electron chi connectivity index (χ2n) is 3.37. The largest absolute Gasteiger partial charge is 0.494 e. The number of rotatable bonds is 2. The number of H-pyrrole nitrogens is 1. The van der Waals surface area contributed by atoms with Gasteiger partial charge in [0, 0.05) is 26.7 Å². The van der Waals surface area contributed by atoms with Crippen molar-refractivity contribution in [2.45, 2.75) is 0 Å². The van der Waals surface area contributed by atoms with Crippen molar-refractivity contribution >= 4 is 62.3 Å². The minimum atomic E-state index is -0.0111. The van der Waals surface area contributed by atoms with Crippen molar-refractivity contribution in [2.24, 2.45) is 0 Å². The van der Waals surface area contributed by atoms with Crippen LogP contribution >= 0.6 is 39.1 Å². The van der Waals surface area contributed by atoms with E-state index in [1.165, 1.54) is 6.08 Å². The predicted octanol–water partition coefficient (Wildman–Crippen LogP) is 4.52. The molecule has 6 heteroatoms. The van der Waals surface area contributed by atoms with Gasteiger partial charge in [0.1, 0.15) is 0 Å². The number of aromatic nitrogens is 1. The number of allylic oxidation sites excluding steroid dienone is 1. The van der Waals surface area contributed by atoms with Gasteiger partial charge in [-0.15, -0.1) is 0 Å². The van der Waals surface area contributed by atoms with E-state index in [4.69, 9.17) is 28.6 Å². The first-order chi connectivity index (χ1) is 8.02. The van der Waals surface area contributed by atoms with Crippen LogP contribution in [0.3, 0.4) is 0 Å². The normalized spacial score (nSPS) is 12.1. The van der Waals surface area contributed by atoms with E-state index in [0.717, 1.165) is 21.6 Å². The topological polar surface area (TPSA) is 59.9 Å². The van der Waals surface area contributed by atoms with E-state index in [1.807, 2.05) is 0 Å². The molecule has 0 saturated heterocycles. The van der Waals surface area contributed by atoms with E-state index in [9.17, 15) is 5.11 Å². The summed E-state index contributed by atoms with van der Waals surface area (Å²) < 4.78 is 0.751. The number of hydrogen-bond donors (Lipinski definition) is 3. The van der Waals surface area contributed by atoms with Crippen molar-refractivity contribution in [2.75, 3.05) is 0 Å². The Kier molecular flexibility index (Phi) is 3.47. The summed E-state index contributed by atoms with van der Waals surface area (Å²) >= 11 is 15.1. The van der Waals surface area contributed by atoms with Crippen LogP contribution in [0.15, 0.2) is 21.6 Å². The number of fused-ring (bicyclic) bond motifs is 1. The van der Waals surface area contributed by atoms with Gasteiger partial charge in [0.2, 0.25) is 0 Å². The van der Waals surface area contributed by atoms with Crippen LogP contribution in [0.1, 0.15) is 5.56 Å². The fourth-order valence-electron chi connectivity index (χ4n) is 1.55. The van der Waals surface area contributed by atoms with Crippen LogP contribution in [0.5, 0.6) is 5.88 Å². The van der Waals surface area contributed by atoms with Crippen molar-refractivity contribution in [1.29, 1.82) is 5.41 Å². The van der Waals surface area contributed by atoms with E-state index in [0.29, 0.717) is 10.6 Å². The molecule has 88 valence electrons. The first kappa shape index (κ1) is 12.5. The minimum absolute atomic E-state index is 0.0111. The van der Waals surface area contributed by atoms with Crippen LogP contribution in [0.25, 0.3) is 17.0 Å². The fraction of sp³-hybridized carbons (Fsp3) is 0. The fourth-order valence-corrected chi connectivity index (χ4v) is 2.57. The number of aromatic hydroxyl groups is 1. The van der Waals surface area contributed by atoms with Crippen LogP contribution in [0.2, 0.25) is 5.02 Å². The highest BCUT2D eigenvalue weighted by atomic mass is 79.9. The Morgan fingerprint density at radius 3 is 2.82 bits per heavy atom. The van der Waals surface area contributed by atoms with Crippen LogP contribution in [0, 0.1) is 5.41 Å². The van der Waals surface area contributed by atoms with Crippen LogP contribution in [0.4, 0.5) is 0 Å². The van der Waals surface area contributed by atoms with Gasteiger partial charge in [-0.25, -0.2) is 0 Å². The quantitative estimate of drug-likeness (QED) is 0.695. The van der Waals surface area contributed by atoms with Gasteiger partial charge in [0.05, 0.1) is 10.5 Å². The van der Waals surface area contributed by atoms with Crippen molar-refractivity contribution in [3.05, 3.63) is 32.2 Å². The number of halogens is 3. The summed E-state index contributed by atoms with van der Waals surface area (Å²) in [5.74, 6) is -0.0111. The van der Waals surface area contributed by atoms with Crippen molar-refractivity contribution < 1.29 is 5.11 Å². The van der Waals surface area contributed by atoms with Gasteiger partial charge in [-0.1, -0.05) is 23.2 Å². The Morgan fingerprint density at radius 1 is 1.47 bits per heavy atom. The molecule has 0 saturated carbocycles. The lowest BCUT2D eigenvalue weighted by atomic mass is 10.1. The summed E-state index contributed by atoms with van der Waals surface area (Å²) in [6, 6.07) is 3.45. The summed E-state index contributed by atoms with van der Waals surface area (Å²) in [5.41, 5.74) is 1.24. The van der Waals surface area contributed by atoms with Gasteiger partial charge < -0.3 is 15.5 Å². The molecule has 0 fully saturated rings. The molecule has 0 aliphatic carbocycles. The highest BCUT2D eigenvalue weighted by Gasteiger charge is 2.12. The summed E-state index contributed by atoms with van der Waals surface area (Å²) in [6.07, 6.45) is 2.50. The van der Waals surface area contributed by atoms with Gasteiger partial charge in [0.25, 0.3) is 0 Å². The minimum Gasteiger partial charge on any atom is -0.494 e. The Hall–Kier alpha value is -0.970. The second-order valence-corrected chi connectivity index (χ2v) is 5.10. The molecule has 17 heavy (non-hydrogen) atoms. The summed E-state index contributed by atoms with van der Waals surface area (Å²) in [5, 5.41) is 18.3. The lowest BCUT2D eigenvalue weighted by molar-refractivity contribution is 0.457. The van der Waals surface area contributed by atoms with E-state index < -0.39 is 0 Å². The van der Waals surface area contributed by atoms with Crippen LogP contribution in [-0.2, 0) is 0 Å². The maximum absolute atomic E-state index is 9.80. The molecular formula is C11H7BrCl2N2O. The smallest absolute Gasteiger partial charge is 0.196 e. The highest BCUT2D eigenvalue weighted by molar-refractivity contribution is 9.10. The number of benzene rings is 1. The zero-order valence-electron chi connectivity index (χ0n) is 8.39. The standard InChI is InChI=1S/C11H7BrCl2N2O/c12-9-3-5(13)1-7-8(2-6(14)4-15)11(17)16-10(7)9/h1-4,15-17H/b6-2+,15-4?. The van der Waals surface area contributed by atoms with E-state index in [1.54, 1.807) is 12.1 Å². The van der Waals surface area contributed by atoms with Gasteiger partial charge in [-0.3, -0.25) is 0 Å². The van der Waals surface area contributed by atoms with Crippen LogP contribution in [-0.4, -0.2) is 16.3 Å². The molecular weight excluding hydrogens is 327 g/mol. The predicted molar refractivity (Wildman–Crippen MR) is 75.3 cm³/mol. The molecule has 2 aromatic rings. The molecule has 0 aliphatic heterocycles. The van der Waals surface area contributed by atoms with E-state index in [-0.39, 0.29) is 10.9 Å². The third-order valence-corrected chi connectivity index (χ3v) is 3.33. The average molecular weight is 334 g/mol. The number of aromatic amines is 1. The number of hydrogen-bond acceptors (Lipinski definition) is 2. The molecule has 2 rings (SSSR count). The molecule has 1 aromatic heterocycles. The lowest BCUT2D eigenvalue weighted by Crippen LogP contribution is -1.75. The third kappa shape index (κ3) is 2.34. The van der Waals surface area contributed by atoms with Crippen LogP contribution < -0.4 is 0 Å². The first-order valence-electron chi connectivity index (χ1n) is 4.60. The molecule has 1 aromatic carbocycles. The molecule has 0 radical (unpaired) electrons. The van der Waals surface area contributed by atoms with Gasteiger partial charge >= 0.3 is 0 Å². The van der Waals surface area contributed by atoms with Gasteiger partial charge in [0.15, 0.2) is 5.88 Å². The van der Waals surface area contributed by atoms with Gasteiger partial charge in [-0.05, 0) is 34.1 Å². The second kappa shape index (κ2) is 4.72. The summed E-state index contributed by atoms with van der Waals surface area (Å²) in [6.45, 7) is 0. The number of nitrogens with one attached hydrogen (secondary N) is 2. The third-order valence-electron chi connectivity index (χ3n) is 2.26. The van der Waals surface area contributed by atoms with Crippen molar-refractivity contribution in [3.8, 4) is 5.88 Å². The molecule has 0 aliphatic rings. The Bertz CT molecular complexity index is 634. The van der Waals surface area contributed by atoms with E-state index >= 15 is 0 Å². The highest BCUT2D eigenvalue weighted by Crippen LogP contribution is 2.35. The maximum atomic E-state index is 9.80. The summed E-state index contributed by atoms with van der Waals surface area (Å²) in [4.78, 5) is 2.82. The monoisotopic (exact) mass is 332 g/mol. The molecule has 0 unspecified atom stereocenters. The average Bonchev–Trinajstić information content (AvgIpc) is 2.57. The Labute approximate surface area is 116 Å². The zero-order valence-corrected chi connectivity index (χ0v) is 11.5. The molecule has 3 nitrogen and oxygen atoms in total. The summed E-state index contributed by atoms with van der Waals surface area (Å²) in [7, 11) is 0. The molecule has 1 heterocycles. The Balaban J connectivity index is 2.79. The van der Waals surface area contributed by atoms with Crippen molar-refractivity contribution in [1.82, 2.24) is 4.98 Å². The molecule has 3 N–H and O–H groups in total. The first-order valence-corrected chi connectivity index (χ1v) is 6.15. The molecule has 0 amide bonds. The lowest BCUT2D eigenvalue weighted by Gasteiger charge is -1.97. The molecule has 0 spiro atoms. The SMILES string of the molecule is N=C/C(Cl)=C\c1c(O)[nH]c2c(Br)cc(Cl)cc12. The van der Waals surface area contributed by atoms with Gasteiger partial charge in [-0.2, -0.15) is 0 Å². The molecule has 0 atom stereocenters. The zero-order chi connectivity index (χ0) is 12.6. The van der Waals surface area contributed by atoms with Crippen molar-refractivity contribution in [3.63, 3.8) is 0 Å². The Morgan fingerprint density at radius 2 is 2.18 bits per heavy atom. The molecule has 0 bridgehead atoms. The maximum Gasteiger partial charge on any atom is 0.196 e.